The lowest BCUT2D eigenvalue weighted by Gasteiger charge is -2.36. The van der Waals surface area contributed by atoms with Gasteiger partial charge in [0.05, 0.1) is 30.5 Å². The van der Waals surface area contributed by atoms with E-state index < -0.39 is 24.1 Å². The summed E-state index contributed by atoms with van der Waals surface area (Å²) >= 11 is 0. The number of nitrogens with zero attached hydrogens (tertiary/aromatic N) is 3. The Morgan fingerprint density at radius 1 is 1.32 bits per heavy atom. The van der Waals surface area contributed by atoms with Crippen LogP contribution in [0.4, 0.5) is 20.6 Å². The quantitative estimate of drug-likeness (QED) is 0.612. The lowest BCUT2D eigenvalue weighted by molar-refractivity contribution is -0.135. The van der Waals surface area contributed by atoms with Crippen molar-refractivity contribution in [1.29, 1.82) is 0 Å². The Balaban J connectivity index is 1.59. The van der Waals surface area contributed by atoms with Crippen molar-refractivity contribution in [1.82, 2.24) is 10.2 Å². The van der Waals surface area contributed by atoms with Gasteiger partial charge in [-0.2, -0.15) is 0 Å². The molecule has 2 saturated heterocycles. The first-order valence-electron chi connectivity index (χ1n) is 10.1. The van der Waals surface area contributed by atoms with Crippen LogP contribution in [0.15, 0.2) is 18.2 Å². The van der Waals surface area contributed by atoms with Crippen LogP contribution >= 0.6 is 0 Å². The number of amides is 3. The second kappa shape index (κ2) is 9.92. The number of benzene rings is 1. The summed E-state index contributed by atoms with van der Waals surface area (Å²) in [5.41, 5.74) is 6.28. The van der Waals surface area contributed by atoms with Gasteiger partial charge in [0.25, 0.3) is 0 Å². The van der Waals surface area contributed by atoms with Gasteiger partial charge in [-0.05, 0) is 25.1 Å². The van der Waals surface area contributed by atoms with Gasteiger partial charge in [-0.3, -0.25) is 14.5 Å². The van der Waals surface area contributed by atoms with Crippen LogP contribution in [0.1, 0.15) is 6.92 Å². The van der Waals surface area contributed by atoms with Crippen LogP contribution in [0, 0.1) is 5.82 Å². The van der Waals surface area contributed by atoms with E-state index in [2.05, 4.69) is 5.32 Å². The molecule has 2 atom stereocenters. The zero-order chi connectivity index (χ0) is 22.5. The average Bonchev–Trinajstić information content (AvgIpc) is 3.12. The fraction of sp³-hybridized carbons (Fsp3) is 0.550. The third-order valence-corrected chi connectivity index (χ3v) is 5.28. The molecule has 170 valence electrons. The maximum atomic E-state index is 14.8. The lowest BCUT2D eigenvalue weighted by Crippen LogP contribution is -2.50. The first kappa shape index (κ1) is 22.8. The smallest absolute Gasteiger partial charge is 0.414 e. The topological polar surface area (TPSA) is 117 Å². The van der Waals surface area contributed by atoms with Crippen LogP contribution in [0.25, 0.3) is 0 Å². The number of carbonyl (C=O) groups excluding carboxylic acids is 3. The fourth-order valence-corrected chi connectivity index (χ4v) is 3.55. The van der Waals surface area contributed by atoms with E-state index in [9.17, 15) is 18.8 Å². The van der Waals surface area contributed by atoms with Crippen LogP contribution in [-0.4, -0.2) is 87.9 Å². The molecule has 11 heteroatoms. The van der Waals surface area contributed by atoms with E-state index in [0.717, 1.165) is 0 Å². The summed E-state index contributed by atoms with van der Waals surface area (Å²) in [6.07, 6.45) is -1.15. The highest BCUT2D eigenvalue weighted by molar-refractivity contribution is 5.90. The van der Waals surface area contributed by atoms with Crippen molar-refractivity contribution < 1.29 is 28.2 Å². The molecule has 3 N–H and O–H groups in total. The average molecular weight is 437 g/mol. The summed E-state index contributed by atoms with van der Waals surface area (Å²) in [4.78, 5) is 40.6. The number of anilines is 2. The number of methoxy groups -OCH3 is 1. The number of cyclic esters (lactones) is 1. The molecule has 2 aliphatic heterocycles. The monoisotopic (exact) mass is 437 g/mol. The summed E-state index contributed by atoms with van der Waals surface area (Å²) < 4.78 is 25.0. The SMILES string of the molecule is COCC(=O)N1CCN(c2ccc(N3C[C@H](CNC(=O)C(C)N)OC3=O)cc2F)CC1. The third kappa shape index (κ3) is 5.42. The largest absolute Gasteiger partial charge is 0.442 e. The van der Waals surface area contributed by atoms with E-state index in [1.54, 1.807) is 24.0 Å². The number of nitrogens with two attached hydrogens (primary N) is 1. The molecular weight excluding hydrogens is 409 g/mol. The zero-order valence-corrected chi connectivity index (χ0v) is 17.7. The molecule has 0 aromatic heterocycles. The number of hydrogen-bond acceptors (Lipinski definition) is 7. The van der Waals surface area contributed by atoms with E-state index in [1.807, 2.05) is 4.90 Å². The summed E-state index contributed by atoms with van der Waals surface area (Å²) in [6, 6.07) is 3.91. The van der Waals surface area contributed by atoms with Crippen molar-refractivity contribution in [3.8, 4) is 0 Å². The molecule has 10 nitrogen and oxygen atoms in total. The van der Waals surface area contributed by atoms with Gasteiger partial charge in [-0.25, -0.2) is 9.18 Å². The predicted octanol–water partition coefficient (Wildman–Crippen LogP) is -0.0907. The van der Waals surface area contributed by atoms with Crippen LogP contribution in [0.5, 0.6) is 0 Å². The van der Waals surface area contributed by atoms with Crippen molar-refractivity contribution in [2.24, 2.45) is 5.73 Å². The Labute approximate surface area is 180 Å². The van der Waals surface area contributed by atoms with Gasteiger partial charge in [-0.15, -0.1) is 0 Å². The van der Waals surface area contributed by atoms with Gasteiger partial charge in [0.15, 0.2) is 0 Å². The molecule has 2 fully saturated rings. The highest BCUT2D eigenvalue weighted by Crippen LogP contribution is 2.28. The number of halogens is 1. The van der Waals surface area contributed by atoms with Crippen molar-refractivity contribution in [3.05, 3.63) is 24.0 Å². The molecule has 0 radical (unpaired) electrons. The predicted molar refractivity (Wildman–Crippen MR) is 111 cm³/mol. The molecule has 3 amide bonds. The molecule has 2 aliphatic rings. The van der Waals surface area contributed by atoms with Crippen molar-refractivity contribution in [2.75, 3.05) is 62.8 Å². The molecular formula is C20H28FN5O5. The van der Waals surface area contributed by atoms with E-state index in [4.69, 9.17) is 15.2 Å². The molecule has 0 saturated carbocycles. The maximum absolute atomic E-state index is 14.8. The van der Waals surface area contributed by atoms with Crippen molar-refractivity contribution in [2.45, 2.75) is 19.1 Å². The Hall–Kier alpha value is -2.92. The van der Waals surface area contributed by atoms with Crippen molar-refractivity contribution in [3.63, 3.8) is 0 Å². The van der Waals surface area contributed by atoms with E-state index in [-0.39, 0.29) is 31.5 Å². The lowest BCUT2D eigenvalue weighted by atomic mass is 10.2. The first-order valence-corrected chi connectivity index (χ1v) is 10.1. The molecule has 1 aromatic rings. The van der Waals surface area contributed by atoms with Crippen LogP contribution in [0.2, 0.25) is 0 Å². The summed E-state index contributed by atoms with van der Waals surface area (Å²) in [5, 5.41) is 2.62. The first-order chi connectivity index (χ1) is 14.8. The van der Waals surface area contributed by atoms with Crippen LogP contribution in [-0.2, 0) is 19.1 Å². The number of piperazine rings is 1. The van der Waals surface area contributed by atoms with Crippen LogP contribution < -0.4 is 20.9 Å². The molecule has 1 aromatic carbocycles. The minimum absolute atomic E-state index is 0.0327. The minimum Gasteiger partial charge on any atom is -0.442 e. The van der Waals surface area contributed by atoms with Gasteiger partial charge in [0.2, 0.25) is 11.8 Å². The van der Waals surface area contributed by atoms with E-state index in [0.29, 0.717) is 37.6 Å². The summed E-state index contributed by atoms with van der Waals surface area (Å²) in [6.45, 7) is 3.88. The highest BCUT2D eigenvalue weighted by Gasteiger charge is 2.33. The number of ether oxygens (including phenoxy) is 2. The minimum atomic E-state index is -0.658. The summed E-state index contributed by atoms with van der Waals surface area (Å²) in [7, 11) is 1.47. The summed E-state index contributed by atoms with van der Waals surface area (Å²) in [5.74, 6) is -0.887. The second-order valence-corrected chi connectivity index (χ2v) is 7.59. The fourth-order valence-electron chi connectivity index (χ4n) is 3.55. The molecule has 0 spiro atoms. The maximum Gasteiger partial charge on any atom is 0.414 e. The number of carbonyl (C=O) groups is 3. The Morgan fingerprint density at radius 2 is 2.03 bits per heavy atom. The standard InChI is InChI=1S/C20H28FN5O5/c1-13(22)19(28)23-10-15-11-26(20(29)31-15)14-3-4-17(16(21)9-14)24-5-7-25(8-6-24)18(27)12-30-2/h3-4,9,13,15H,5-8,10-12,22H2,1-2H3,(H,23,28)/t13?,15-/m0/s1. The highest BCUT2D eigenvalue weighted by atomic mass is 19.1. The van der Waals surface area contributed by atoms with Crippen LogP contribution in [0.3, 0.4) is 0 Å². The molecule has 0 aliphatic carbocycles. The normalized spacial score (nSPS) is 19.9. The number of hydrogen-bond donors (Lipinski definition) is 2. The number of nitrogens with one attached hydrogen (secondary N) is 1. The Bertz CT molecular complexity index is 828. The van der Waals surface area contributed by atoms with Crippen molar-refractivity contribution >= 4 is 29.3 Å². The van der Waals surface area contributed by atoms with Gasteiger partial charge < -0.3 is 30.3 Å². The molecule has 0 bridgehead atoms. The molecule has 3 rings (SSSR count). The van der Waals surface area contributed by atoms with E-state index >= 15 is 0 Å². The zero-order valence-electron chi connectivity index (χ0n) is 17.7. The second-order valence-electron chi connectivity index (χ2n) is 7.59. The van der Waals surface area contributed by atoms with E-state index in [1.165, 1.54) is 18.1 Å². The molecule has 1 unspecified atom stereocenters. The van der Waals surface area contributed by atoms with Gasteiger partial charge in [0, 0.05) is 33.3 Å². The number of rotatable bonds is 7. The van der Waals surface area contributed by atoms with Gasteiger partial charge in [0.1, 0.15) is 18.5 Å². The molecule has 2 heterocycles. The van der Waals surface area contributed by atoms with Gasteiger partial charge in [-0.1, -0.05) is 0 Å². The molecule has 31 heavy (non-hydrogen) atoms. The Kier molecular flexibility index (Phi) is 7.29. The Morgan fingerprint density at radius 3 is 2.65 bits per heavy atom. The van der Waals surface area contributed by atoms with Gasteiger partial charge >= 0.3 is 6.09 Å². The third-order valence-electron chi connectivity index (χ3n) is 5.28.